The van der Waals surface area contributed by atoms with Gasteiger partial charge in [-0.25, -0.2) is 15.0 Å². The van der Waals surface area contributed by atoms with Crippen LogP contribution >= 0.6 is 11.3 Å². The maximum absolute atomic E-state index is 6.67. The molecule has 4 nitrogen and oxygen atoms in total. The fraction of sp³-hybridized carbons (Fsp3) is 0. The van der Waals surface area contributed by atoms with Crippen LogP contribution in [0.15, 0.2) is 192 Å². The quantitative estimate of drug-likeness (QED) is 0.171. The van der Waals surface area contributed by atoms with Gasteiger partial charge in [-0.05, 0) is 63.7 Å². The van der Waals surface area contributed by atoms with E-state index in [2.05, 4.69) is 140 Å². The molecule has 11 aromatic rings. The van der Waals surface area contributed by atoms with Crippen LogP contribution < -0.4 is 0 Å². The number of fused-ring (bicyclic) bond motifs is 6. The van der Waals surface area contributed by atoms with Crippen molar-refractivity contribution in [2.75, 3.05) is 0 Å². The average Bonchev–Trinajstić information content (AvgIpc) is 3.86. The van der Waals surface area contributed by atoms with E-state index in [4.69, 9.17) is 19.4 Å². The van der Waals surface area contributed by atoms with E-state index in [0.29, 0.717) is 17.5 Å². The summed E-state index contributed by atoms with van der Waals surface area (Å²) in [6, 6.07) is 65.6. The molecule has 5 heteroatoms. The Morgan fingerprint density at radius 1 is 0.321 bits per heavy atom. The van der Waals surface area contributed by atoms with E-state index < -0.39 is 0 Å². The topological polar surface area (TPSA) is 51.8 Å². The summed E-state index contributed by atoms with van der Waals surface area (Å²) >= 11 is 1.83. The normalized spacial score (nSPS) is 11.6. The highest BCUT2D eigenvalue weighted by atomic mass is 32.1. The lowest BCUT2D eigenvalue weighted by atomic mass is 9.91. The highest BCUT2D eigenvalue weighted by molar-refractivity contribution is 7.26. The van der Waals surface area contributed by atoms with Crippen molar-refractivity contribution in [2.24, 2.45) is 0 Å². The number of hydrogen-bond acceptors (Lipinski definition) is 5. The summed E-state index contributed by atoms with van der Waals surface area (Å²) < 4.78 is 9.16. The van der Waals surface area contributed by atoms with Crippen molar-refractivity contribution in [1.29, 1.82) is 0 Å². The first-order chi connectivity index (χ1) is 27.7. The van der Waals surface area contributed by atoms with Gasteiger partial charge in [-0.1, -0.05) is 158 Å². The fourth-order valence-corrected chi connectivity index (χ4v) is 9.10. The van der Waals surface area contributed by atoms with Crippen LogP contribution in [0.2, 0.25) is 0 Å². The molecule has 0 fully saturated rings. The molecule has 0 aliphatic heterocycles. The SMILES string of the molecule is c1ccc(-c2ccc(-c3nc(-c4ccccc4)nc(-c4cc(-c5cccc6sc7cccc(-c8ccccc8)c7c56)c5c(c4)oc4ccccc45)n3)cc2)cc1. The predicted molar refractivity (Wildman–Crippen MR) is 233 cm³/mol. The Hall–Kier alpha value is -7.21. The number of furan rings is 1. The monoisotopic (exact) mass is 733 g/mol. The zero-order chi connectivity index (χ0) is 37.0. The molecule has 0 aliphatic rings. The zero-order valence-electron chi connectivity index (χ0n) is 30.1. The van der Waals surface area contributed by atoms with Crippen molar-refractivity contribution in [3.63, 3.8) is 0 Å². The van der Waals surface area contributed by atoms with E-state index >= 15 is 0 Å². The summed E-state index contributed by atoms with van der Waals surface area (Å²) in [6.07, 6.45) is 0. The minimum atomic E-state index is 0.580. The van der Waals surface area contributed by atoms with Gasteiger partial charge in [-0.3, -0.25) is 0 Å². The van der Waals surface area contributed by atoms with Crippen LogP contribution in [0.5, 0.6) is 0 Å². The molecule has 0 atom stereocenters. The number of thiophene rings is 1. The molecular formula is C51H31N3OS. The molecule has 56 heavy (non-hydrogen) atoms. The molecule has 262 valence electrons. The lowest BCUT2D eigenvalue weighted by Crippen LogP contribution is -2.00. The maximum Gasteiger partial charge on any atom is 0.164 e. The molecule has 3 aromatic heterocycles. The van der Waals surface area contributed by atoms with E-state index in [1.165, 1.54) is 31.3 Å². The van der Waals surface area contributed by atoms with Crippen LogP contribution in [0.3, 0.4) is 0 Å². The molecule has 8 aromatic carbocycles. The standard InChI is InChI=1S/C51H31N3OS/c1-4-14-32(15-5-1)33-26-28-36(29-27-33)50-52-49(35-18-8-3-9-19-35)53-51(54-50)37-30-41(46-40-20-10-11-23-42(40)55-43(46)31-37)39-22-13-25-45-48(39)47-38(21-12-24-44(47)56-45)34-16-6-2-7-17-34/h1-31H. The molecule has 3 heterocycles. The molecule has 11 rings (SSSR count). The third kappa shape index (κ3) is 5.48. The van der Waals surface area contributed by atoms with Gasteiger partial charge in [0, 0.05) is 47.6 Å². The smallest absolute Gasteiger partial charge is 0.164 e. The first kappa shape index (κ1) is 32.2. The molecular weight excluding hydrogens is 703 g/mol. The van der Waals surface area contributed by atoms with E-state index in [1.54, 1.807) is 0 Å². The lowest BCUT2D eigenvalue weighted by Gasteiger charge is -2.13. The van der Waals surface area contributed by atoms with Crippen molar-refractivity contribution in [1.82, 2.24) is 15.0 Å². The molecule has 0 saturated carbocycles. The van der Waals surface area contributed by atoms with Gasteiger partial charge >= 0.3 is 0 Å². The van der Waals surface area contributed by atoms with Gasteiger partial charge in [0.05, 0.1) is 0 Å². The van der Waals surface area contributed by atoms with E-state index in [9.17, 15) is 0 Å². The van der Waals surface area contributed by atoms with Gasteiger partial charge in [-0.15, -0.1) is 11.3 Å². The van der Waals surface area contributed by atoms with Gasteiger partial charge in [0.25, 0.3) is 0 Å². The second kappa shape index (κ2) is 13.3. The average molecular weight is 734 g/mol. The van der Waals surface area contributed by atoms with Gasteiger partial charge in [0.1, 0.15) is 11.2 Å². The summed E-state index contributed by atoms with van der Waals surface area (Å²) in [7, 11) is 0. The Bertz CT molecular complexity index is 3230. The fourth-order valence-electron chi connectivity index (χ4n) is 7.94. The molecule has 0 N–H and O–H groups in total. The molecule has 0 unspecified atom stereocenters. The van der Waals surface area contributed by atoms with Gasteiger partial charge in [0.2, 0.25) is 0 Å². The van der Waals surface area contributed by atoms with Crippen LogP contribution in [-0.2, 0) is 0 Å². The third-order valence-corrected chi connectivity index (χ3v) is 11.7. The summed E-state index contributed by atoms with van der Waals surface area (Å²) in [5, 5.41) is 4.63. The second-order valence-corrected chi connectivity index (χ2v) is 15.0. The Labute approximate surface area is 327 Å². The molecule has 0 saturated heterocycles. The molecule has 0 aliphatic carbocycles. The number of aromatic nitrogens is 3. The van der Waals surface area contributed by atoms with Crippen molar-refractivity contribution < 1.29 is 4.42 Å². The molecule has 0 radical (unpaired) electrons. The number of benzene rings is 8. The van der Waals surface area contributed by atoms with Gasteiger partial charge in [0.15, 0.2) is 17.5 Å². The number of para-hydroxylation sites is 1. The zero-order valence-corrected chi connectivity index (χ0v) is 30.9. The largest absolute Gasteiger partial charge is 0.456 e. The Morgan fingerprint density at radius 3 is 1.50 bits per heavy atom. The first-order valence-electron chi connectivity index (χ1n) is 18.7. The van der Waals surface area contributed by atoms with E-state index in [-0.39, 0.29) is 0 Å². The Morgan fingerprint density at radius 2 is 0.821 bits per heavy atom. The van der Waals surface area contributed by atoms with Crippen LogP contribution in [0.25, 0.3) is 110 Å². The molecule has 0 spiro atoms. The van der Waals surface area contributed by atoms with Crippen LogP contribution in [0.1, 0.15) is 0 Å². The molecule has 0 amide bonds. The number of nitrogens with zero attached hydrogens (tertiary/aromatic N) is 3. The molecule has 0 bridgehead atoms. The van der Waals surface area contributed by atoms with Crippen molar-refractivity contribution in [3.8, 4) is 67.5 Å². The number of hydrogen-bond donors (Lipinski definition) is 0. The van der Waals surface area contributed by atoms with Crippen molar-refractivity contribution >= 4 is 53.4 Å². The summed E-state index contributed by atoms with van der Waals surface area (Å²) in [5.41, 5.74) is 11.3. The van der Waals surface area contributed by atoms with Crippen LogP contribution in [0, 0.1) is 0 Å². The number of rotatable bonds is 6. The van der Waals surface area contributed by atoms with Crippen LogP contribution in [-0.4, -0.2) is 15.0 Å². The van der Waals surface area contributed by atoms with E-state index in [1.807, 2.05) is 59.9 Å². The second-order valence-electron chi connectivity index (χ2n) is 13.9. The van der Waals surface area contributed by atoms with Crippen LogP contribution in [0.4, 0.5) is 0 Å². The summed E-state index contributed by atoms with van der Waals surface area (Å²) in [6.45, 7) is 0. The van der Waals surface area contributed by atoms with Gasteiger partial charge < -0.3 is 4.42 Å². The minimum Gasteiger partial charge on any atom is -0.456 e. The van der Waals surface area contributed by atoms with Crippen molar-refractivity contribution in [3.05, 3.63) is 188 Å². The highest BCUT2D eigenvalue weighted by Gasteiger charge is 2.22. The Kier molecular flexibility index (Phi) is 7.64. The van der Waals surface area contributed by atoms with E-state index in [0.717, 1.165) is 60.9 Å². The van der Waals surface area contributed by atoms with Gasteiger partial charge in [-0.2, -0.15) is 0 Å². The third-order valence-electron chi connectivity index (χ3n) is 10.6. The maximum atomic E-state index is 6.67. The summed E-state index contributed by atoms with van der Waals surface area (Å²) in [4.78, 5) is 15.4. The first-order valence-corrected chi connectivity index (χ1v) is 19.5. The minimum absolute atomic E-state index is 0.580. The predicted octanol–water partition coefficient (Wildman–Crippen LogP) is 14.1. The van der Waals surface area contributed by atoms with Crippen molar-refractivity contribution in [2.45, 2.75) is 0 Å². The highest BCUT2D eigenvalue weighted by Crippen LogP contribution is 2.47. The lowest BCUT2D eigenvalue weighted by molar-refractivity contribution is 0.669. The Balaban J connectivity index is 1.17. The summed E-state index contributed by atoms with van der Waals surface area (Å²) in [5.74, 6) is 1.80.